The number of hydrogen-bond donors (Lipinski definition) is 1. The van der Waals surface area contributed by atoms with Crippen LogP contribution in [0, 0.1) is 0 Å². The van der Waals surface area contributed by atoms with E-state index < -0.39 is 10.0 Å². The van der Waals surface area contributed by atoms with E-state index in [1.165, 1.54) is 23.4 Å². The molecule has 0 aromatic rings. The van der Waals surface area contributed by atoms with Crippen molar-refractivity contribution in [2.75, 3.05) is 46.0 Å². The number of allylic oxidation sites excluding steroid dienone is 1. The number of nitrogens with zero attached hydrogens (tertiary/aromatic N) is 3. The molecule has 0 bridgehead atoms. The molecule has 0 amide bonds. The Hall–Kier alpha value is -0.350. The second-order valence-electron chi connectivity index (χ2n) is 5.90. The highest BCUT2D eigenvalue weighted by molar-refractivity contribution is 14.0. The fourth-order valence-electron chi connectivity index (χ4n) is 2.38. The number of aliphatic imine (C=N–C) groups is 1. The number of sulfonamides is 1. The summed E-state index contributed by atoms with van der Waals surface area (Å²) < 4.78 is 24.6. The summed E-state index contributed by atoms with van der Waals surface area (Å²) in [5.74, 6) is 0.892. The molecular formula is C17H37IN4O2S. The lowest BCUT2D eigenvalue weighted by Gasteiger charge is -2.22. The van der Waals surface area contributed by atoms with E-state index in [0.717, 1.165) is 38.3 Å². The van der Waals surface area contributed by atoms with Crippen molar-refractivity contribution in [3.63, 3.8) is 0 Å². The second kappa shape index (κ2) is 15.9. The first-order valence-electron chi connectivity index (χ1n) is 8.92. The first kappa shape index (κ1) is 26.9. The highest BCUT2D eigenvalue weighted by atomic mass is 127. The van der Waals surface area contributed by atoms with Crippen LogP contribution in [0.5, 0.6) is 0 Å². The third-order valence-corrected chi connectivity index (χ3v) is 5.13. The van der Waals surface area contributed by atoms with Crippen LogP contribution in [0.15, 0.2) is 17.6 Å². The van der Waals surface area contributed by atoms with Crippen molar-refractivity contribution in [2.45, 2.75) is 46.0 Å². The molecule has 0 fully saturated rings. The molecule has 0 aliphatic heterocycles. The number of hydrogen-bond acceptors (Lipinski definition) is 3. The van der Waals surface area contributed by atoms with Crippen molar-refractivity contribution >= 4 is 40.0 Å². The molecule has 0 aromatic heterocycles. The average molecular weight is 488 g/mol. The first-order chi connectivity index (χ1) is 11.4. The van der Waals surface area contributed by atoms with Gasteiger partial charge in [0.2, 0.25) is 10.0 Å². The largest absolute Gasteiger partial charge is 0.357 e. The number of rotatable bonds is 13. The van der Waals surface area contributed by atoms with Crippen LogP contribution >= 0.6 is 24.0 Å². The van der Waals surface area contributed by atoms with Crippen molar-refractivity contribution in [2.24, 2.45) is 4.99 Å². The molecule has 0 atom stereocenters. The summed E-state index contributed by atoms with van der Waals surface area (Å²) in [5, 5.41) is 3.29. The minimum absolute atomic E-state index is 0. The highest BCUT2D eigenvalue weighted by Crippen LogP contribution is 2.02. The van der Waals surface area contributed by atoms with Gasteiger partial charge in [-0.2, -0.15) is 0 Å². The van der Waals surface area contributed by atoms with Crippen LogP contribution < -0.4 is 5.32 Å². The van der Waals surface area contributed by atoms with E-state index in [0.29, 0.717) is 19.6 Å². The molecule has 0 aliphatic carbocycles. The maximum Gasteiger partial charge on any atom is 0.211 e. The molecule has 25 heavy (non-hydrogen) atoms. The van der Waals surface area contributed by atoms with Gasteiger partial charge in [0.15, 0.2) is 5.96 Å². The van der Waals surface area contributed by atoms with Crippen molar-refractivity contribution in [3.8, 4) is 0 Å². The van der Waals surface area contributed by atoms with Gasteiger partial charge in [0.1, 0.15) is 0 Å². The molecule has 0 saturated carbocycles. The average Bonchev–Trinajstić information content (AvgIpc) is 2.52. The Bertz CT molecular complexity index is 469. The van der Waals surface area contributed by atoms with Crippen LogP contribution in [0.4, 0.5) is 0 Å². The lowest BCUT2D eigenvalue weighted by atomic mass is 10.2. The standard InChI is InChI=1S/C17H36N4O2S.HI/c1-6-9-10-11-12-15-20(4)17(18-7-2)19-14-13-16-21(8-3)24(5,22)23;/h6H,1,7-16H2,2-5H3,(H,18,19);1H. The van der Waals surface area contributed by atoms with Gasteiger partial charge in [0.05, 0.1) is 6.26 Å². The van der Waals surface area contributed by atoms with E-state index in [1.54, 1.807) is 0 Å². The Kier molecular flexibility index (Phi) is 17.1. The smallest absolute Gasteiger partial charge is 0.211 e. The van der Waals surface area contributed by atoms with Crippen LogP contribution in [0.3, 0.4) is 0 Å². The molecule has 0 spiro atoms. The van der Waals surface area contributed by atoms with Gasteiger partial charge in [-0.15, -0.1) is 30.6 Å². The molecule has 1 N–H and O–H groups in total. The third-order valence-electron chi connectivity index (χ3n) is 3.75. The van der Waals surface area contributed by atoms with Crippen molar-refractivity contribution in [1.82, 2.24) is 14.5 Å². The van der Waals surface area contributed by atoms with Gasteiger partial charge in [-0.3, -0.25) is 4.99 Å². The van der Waals surface area contributed by atoms with Gasteiger partial charge >= 0.3 is 0 Å². The van der Waals surface area contributed by atoms with Gasteiger partial charge in [0, 0.05) is 39.8 Å². The zero-order valence-corrected chi connectivity index (χ0v) is 19.5. The van der Waals surface area contributed by atoms with Crippen molar-refractivity contribution in [1.29, 1.82) is 0 Å². The normalized spacial score (nSPS) is 12.0. The summed E-state index contributed by atoms with van der Waals surface area (Å²) in [5.41, 5.74) is 0. The monoisotopic (exact) mass is 488 g/mol. The van der Waals surface area contributed by atoms with E-state index >= 15 is 0 Å². The lowest BCUT2D eigenvalue weighted by molar-refractivity contribution is 0.424. The minimum atomic E-state index is -3.11. The third kappa shape index (κ3) is 13.5. The Morgan fingerprint density at radius 3 is 2.36 bits per heavy atom. The van der Waals surface area contributed by atoms with E-state index in [-0.39, 0.29) is 24.0 Å². The Morgan fingerprint density at radius 2 is 1.84 bits per heavy atom. The summed E-state index contributed by atoms with van der Waals surface area (Å²) in [4.78, 5) is 6.75. The van der Waals surface area contributed by atoms with E-state index in [4.69, 9.17) is 0 Å². The Labute approximate surface area is 172 Å². The zero-order valence-electron chi connectivity index (χ0n) is 16.3. The number of unbranched alkanes of at least 4 members (excludes halogenated alkanes) is 3. The molecule has 6 nitrogen and oxygen atoms in total. The van der Waals surface area contributed by atoms with Gasteiger partial charge in [-0.1, -0.05) is 19.4 Å². The molecule has 0 aromatic carbocycles. The molecule has 8 heteroatoms. The van der Waals surface area contributed by atoms with Gasteiger partial charge in [0.25, 0.3) is 0 Å². The highest BCUT2D eigenvalue weighted by Gasteiger charge is 2.13. The first-order valence-corrected chi connectivity index (χ1v) is 10.8. The van der Waals surface area contributed by atoms with E-state index in [1.807, 2.05) is 20.0 Å². The number of nitrogens with one attached hydrogen (secondary N) is 1. The van der Waals surface area contributed by atoms with Gasteiger partial charge in [-0.25, -0.2) is 12.7 Å². The summed E-state index contributed by atoms with van der Waals surface area (Å²) >= 11 is 0. The Morgan fingerprint density at radius 1 is 1.16 bits per heavy atom. The summed E-state index contributed by atoms with van der Waals surface area (Å²) in [6.07, 6.45) is 8.52. The number of guanidine groups is 1. The van der Waals surface area contributed by atoms with Crippen LogP contribution in [-0.2, 0) is 10.0 Å². The maximum atomic E-state index is 11.6. The molecule has 0 rings (SSSR count). The summed E-state index contributed by atoms with van der Waals surface area (Å²) in [7, 11) is -1.06. The van der Waals surface area contributed by atoms with Gasteiger partial charge < -0.3 is 10.2 Å². The van der Waals surface area contributed by atoms with Crippen molar-refractivity contribution < 1.29 is 8.42 Å². The van der Waals surface area contributed by atoms with Crippen LogP contribution in [0.2, 0.25) is 0 Å². The Balaban J connectivity index is 0. The van der Waals surface area contributed by atoms with E-state index in [2.05, 4.69) is 28.7 Å². The fourth-order valence-corrected chi connectivity index (χ4v) is 3.31. The topological polar surface area (TPSA) is 65.0 Å². The fraction of sp³-hybridized carbons (Fsp3) is 0.824. The van der Waals surface area contributed by atoms with E-state index in [9.17, 15) is 8.42 Å². The molecule has 0 radical (unpaired) electrons. The zero-order chi connectivity index (χ0) is 18.4. The SMILES string of the molecule is C=CCCCCCN(C)C(=NCCCN(CC)S(C)(=O)=O)NCC.I. The predicted octanol–water partition coefficient (Wildman–Crippen LogP) is 2.92. The van der Waals surface area contributed by atoms with Gasteiger partial charge in [-0.05, 0) is 32.6 Å². The van der Waals surface area contributed by atoms with Crippen molar-refractivity contribution in [3.05, 3.63) is 12.7 Å². The van der Waals surface area contributed by atoms with Crippen LogP contribution in [-0.4, -0.2) is 69.6 Å². The quantitative estimate of drug-likeness (QED) is 0.142. The molecule has 0 aliphatic rings. The lowest BCUT2D eigenvalue weighted by Crippen LogP contribution is -2.39. The second-order valence-corrected chi connectivity index (χ2v) is 7.89. The molecular weight excluding hydrogens is 451 g/mol. The molecule has 150 valence electrons. The summed E-state index contributed by atoms with van der Waals surface area (Å²) in [6.45, 7) is 11.1. The summed E-state index contributed by atoms with van der Waals surface area (Å²) in [6, 6.07) is 0. The van der Waals surface area contributed by atoms with Crippen LogP contribution in [0.25, 0.3) is 0 Å². The minimum Gasteiger partial charge on any atom is -0.357 e. The molecule has 0 heterocycles. The predicted molar refractivity (Wildman–Crippen MR) is 119 cm³/mol. The maximum absolute atomic E-state index is 11.6. The van der Waals surface area contributed by atoms with Crippen LogP contribution in [0.1, 0.15) is 46.0 Å². The molecule has 0 saturated heterocycles. The molecule has 0 unspecified atom stereocenters. The number of halogens is 1.